The molecule has 0 unspecified atom stereocenters. The van der Waals surface area contributed by atoms with Gasteiger partial charge in [-0.2, -0.15) is 5.26 Å². The summed E-state index contributed by atoms with van der Waals surface area (Å²) >= 11 is 6.12. The van der Waals surface area contributed by atoms with Gasteiger partial charge < -0.3 is 10.6 Å². The third-order valence-electron chi connectivity index (χ3n) is 2.77. The molecule has 0 saturated heterocycles. The lowest BCUT2D eigenvalue weighted by atomic mass is 10.2. The molecule has 0 aliphatic rings. The third-order valence-corrected chi connectivity index (χ3v) is 3.14. The molecule has 5 heteroatoms. The van der Waals surface area contributed by atoms with Gasteiger partial charge in [-0.25, -0.2) is 4.98 Å². The lowest BCUT2D eigenvalue weighted by molar-refractivity contribution is 0.896. The first-order valence-corrected chi connectivity index (χ1v) is 6.11. The van der Waals surface area contributed by atoms with Gasteiger partial charge in [0.2, 0.25) is 0 Å². The highest BCUT2D eigenvalue weighted by Gasteiger charge is 2.08. The van der Waals surface area contributed by atoms with Gasteiger partial charge in [-0.15, -0.1) is 0 Å². The summed E-state index contributed by atoms with van der Waals surface area (Å²) in [5.41, 5.74) is 7.28. The van der Waals surface area contributed by atoms with Crippen LogP contribution in [0.4, 0.5) is 11.5 Å². The monoisotopic (exact) mass is 272 g/mol. The van der Waals surface area contributed by atoms with Crippen LogP contribution in [-0.4, -0.2) is 12.0 Å². The van der Waals surface area contributed by atoms with Gasteiger partial charge in [-0.05, 0) is 23.8 Å². The summed E-state index contributed by atoms with van der Waals surface area (Å²) < 4.78 is 0. The number of rotatable bonds is 3. The second-order valence-electron chi connectivity index (χ2n) is 4.17. The largest absolute Gasteiger partial charge is 0.396 e. The Hall–Kier alpha value is -2.25. The number of hydrogen-bond donors (Lipinski definition) is 1. The lowest BCUT2D eigenvalue weighted by Gasteiger charge is -2.19. The van der Waals surface area contributed by atoms with Crippen molar-refractivity contribution >= 4 is 23.1 Å². The average molecular weight is 273 g/mol. The van der Waals surface area contributed by atoms with Gasteiger partial charge >= 0.3 is 0 Å². The van der Waals surface area contributed by atoms with Gasteiger partial charge in [0, 0.05) is 18.6 Å². The van der Waals surface area contributed by atoms with Gasteiger partial charge in [-0.3, -0.25) is 0 Å². The fourth-order valence-corrected chi connectivity index (χ4v) is 1.92. The highest BCUT2D eigenvalue weighted by molar-refractivity contribution is 6.31. The van der Waals surface area contributed by atoms with E-state index in [1.807, 2.05) is 42.3 Å². The normalized spacial score (nSPS) is 9.95. The van der Waals surface area contributed by atoms with Crippen molar-refractivity contribution in [1.82, 2.24) is 4.98 Å². The maximum Gasteiger partial charge on any atom is 0.165 e. The second-order valence-corrected chi connectivity index (χ2v) is 4.57. The lowest BCUT2D eigenvalue weighted by Crippen LogP contribution is -2.18. The van der Waals surface area contributed by atoms with Gasteiger partial charge in [0.1, 0.15) is 11.9 Å². The average Bonchev–Trinajstić information content (AvgIpc) is 2.42. The predicted molar refractivity (Wildman–Crippen MR) is 76.9 cm³/mol. The van der Waals surface area contributed by atoms with Gasteiger partial charge in [0.15, 0.2) is 5.69 Å². The zero-order valence-electron chi connectivity index (χ0n) is 10.5. The Morgan fingerprint density at radius 1 is 1.32 bits per heavy atom. The van der Waals surface area contributed by atoms with Crippen molar-refractivity contribution in [3.63, 3.8) is 0 Å². The first-order valence-electron chi connectivity index (χ1n) is 5.73. The van der Waals surface area contributed by atoms with E-state index in [1.54, 1.807) is 12.1 Å². The molecule has 1 heterocycles. The summed E-state index contributed by atoms with van der Waals surface area (Å²) in [7, 11) is 1.89. The maximum absolute atomic E-state index is 8.93. The fourth-order valence-electron chi connectivity index (χ4n) is 1.72. The van der Waals surface area contributed by atoms with Crippen LogP contribution in [0.25, 0.3) is 0 Å². The quantitative estimate of drug-likeness (QED) is 0.933. The minimum atomic E-state index is 0.239. The molecule has 0 fully saturated rings. The highest BCUT2D eigenvalue weighted by Crippen LogP contribution is 2.20. The van der Waals surface area contributed by atoms with E-state index >= 15 is 0 Å². The fraction of sp³-hybridized carbons (Fsp3) is 0.143. The van der Waals surface area contributed by atoms with Crippen LogP contribution in [0.15, 0.2) is 36.4 Å². The summed E-state index contributed by atoms with van der Waals surface area (Å²) in [5, 5.41) is 9.64. The van der Waals surface area contributed by atoms with Crippen molar-refractivity contribution in [1.29, 1.82) is 5.26 Å². The van der Waals surface area contributed by atoms with Crippen LogP contribution in [0.2, 0.25) is 5.02 Å². The molecule has 0 aliphatic carbocycles. The highest BCUT2D eigenvalue weighted by atomic mass is 35.5. The molecule has 0 amide bonds. The predicted octanol–water partition coefficient (Wildman–Crippen LogP) is 2.83. The van der Waals surface area contributed by atoms with Crippen LogP contribution in [-0.2, 0) is 6.54 Å². The number of nitrogen functional groups attached to an aromatic ring is 1. The Kier molecular flexibility index (Phi) is 3.88. The molecule has 0 saturated carbocycles. The van der Waals surface area contributed by atoms with Gasteiger partial charge in [-0.1, -0.05) is 29.8 Å². The molecule has 0 aliphatic heterocycles. The van der Waals surface area contributed by atoms with Crippen molar-refractivity contribution in [2.24, 2.45) is 0 Å². The zero-order chi connectivity index (χ0) is 13.8. The Morgan fingerprint density at radius 2 is 2.05 bits per heavy atom. The zero-order valence-corrected chi connectivity index (χ0v) is 11.2. The van der Waals surface area contributed by atoms with Crippen molar-refractivity contribution in [2.45, 2.75) is 6.54 Å². The molecule has 4 nitrogen and oxygen atoms in total. The van der Waals surface area contributed by atoms with E-state index in [0.29, 0.717) is 23.1 Å². The Labute approximate surface area is 117 Å². The standard InChI is InChI=1S/C14H13ClN4/c1-19(9-10-4-2-3-5-11(10)15)14-7-6-12(17)13(8-16)18-14/h2-7H,9,17H2,1H3. The summed E-state index contributed by atoms with van der Waals surface area (Å²) in [5.74, 6) is 0.686. The van der Waals surface area contributed by atoms with Crippen LogP contribution >= 0.6 is 11.6 Å². The molecule has 19 heavy (non-hydrogen) atoms. The SMILES string of the molecule is CN(Cc1ccccc1Cl)c1ccc(N)c(C#N)n1. The maximum atomic E-state index is 8.93. The molecule has 1 aromatic carbocycles. The molecule has 96 valence electrons. The Morgan fingerprint density at radius 3 is 2.74 bits per heavy atom. The minimum Gasteiger partial charge on any atom is -0.396 e. The molecule has 2 rings (SSSR count). The molecule has 0 bridgehead atoms. The number of halogens is 1. The minimum absolute atomic E-state index is 0.239. The molecule has 0 atom stereocenters. The van der Waals surface area contributed by atoms with E-state index in [4.69, 9.17) is 22.6 Å². The topological polar surface area (TPSA) is 65.9 Å². The molecule has 0 spiro atoms. The first-order chi connectivity index (χ1) is 9.11. The number of nitriles is 1. The van der Waals surface area contributed by atoms with E-state index in [2.05, 4.69) is 4.98 Å². The van der Waals surface area contributed by atoms with E-state index in [1.165, 1.54) is 0 Å². The number of hydrogen-bond acceptors (Lipinski definition) is 4. The van der Waals surface area contributed by atoms with E-state index in [9.17, 15) is 0 Å². The Bertz CT molecular complexity index is 634. The summed E-state index contributed by atoms with van der Waals surface area (Å²) in [6.07, 6.45) is 0. The van der Waals surface area contributed by atoms with Crippen molar-refractivity contribution in [3.05, 3.63) is 52.7 Å². The molecular weight excluding hydrogens is 260 g/mol. The molecule has 2 N–H and O–H groups in total. The Balaban J connectivity index is 2.24. The van der Waals surface area contributed by atoms with E-state index in [-0.39, 0.29) is 5.69 Å². The van der Waals surface area contributed by atoms with Crippen molar-refractivity contribution < 1.29 is 0 Å². The van der Waals surface area contributed by atoms with Crippen LogP contribution in [0.3, 0.4) is 0 Å². The smallest absolute Gasteiger partial charge is 0.165 e. The third kappa shape index (κ3) is 2.95. The summed E-state index contributed by atoms with van der Waals surface area (Å²) in [4.78, 5) is 6.13. The summed E-state index contributed by atoms with van der Waals surface area (Å²) in [6, 6.07) is 13.1. The molecule has 1 aromatic heterocycles. The van der Waals surface area contributed by atoms with Crippen molar-refractivity contribution in [2.75, 3.05) is 17.7 Å². The molecular formula is C14H13ClN4. The number of pyridine rings is 1. The van der Waals surface area contributed by atoms with Gasteiger partial charge in [0.05, 0.1) is 5.69 Å². The molecule has 2 aromatic rings. The van der Waals surface area contributed by atoms with E-state index in [0.717, 1.165) is 5.56 Å². The number of nitrogens with two attached hydrogens (primary N) is 1. The van der Waals surface area contributed by atoms with Crippen molar-refractivity contribution in [3.8, 4) is 6.07 Å². The number of anilines is 2. The van der Waals surface area contributed by atoms with Crippen LogP contribution in [0, 0.1) is 11.3 Å². The number of aromatic nitrogens is 1. The van der Waals surface area contributed by atoms with Crippen LogP contribution < -0.4 is 10.6 Å². The second kappa shape index (κ2) is 5.59. The summed E-state index contributed by atoms with van der Waals surface area (Å²) in [6.45, 7) is 0.613. The van der Waals surface area contributed by atoms with Crippen LogP contribution in [0.5, 0.6) is 0 Å². The van der Waals surface area contributed by atoms with E-state index < -0.39 is 0 Å². The van der Waals surface area contributed by atoms with Gasteiger partial charge in [0.25, 0.3) is 0 Å². The molecule has 0 radical (unpaired) electrons. The van der Waals surface area contributed by atoms with Crippen LogP contribution in [0.1, 0.15) is 11.3 Å². The number of nitrogens with zero attached hydrogens (tertiary/aromatic N) is 3. The number of benzene rings is 1. The first kappa shape index (κ1) is 13.2.